The van der Waals surface area contributed by atoms with Crippen LogP contribution >= 0.6 is 11.6 Å². The summed E-state index contributed by atoms with van der Waals surface area (Å²) in [5.74, 6) is 0. The van der Waals surface area contributed by atoms with E-state index < -0.39 is 0 Å². The molecule has 0 unspecified atom stereocenters. The minimum atomic E-state index is 0.856. The molecule has 3 nitrogen and oxygen atoms in total. The molecule has 4 heteroatoms. The molecule has 1 aromatic carbocycles. The van der Waals surface area contributed by atoms with E-state index in [1.54, 1.807) is 0 Å². The molecule has 0 radical (unpaired) electrons. The summed E-state index contributed by atoms with van der Waals surface area (Å²) in [7, 11) is 2.20. The van der Waals surface area contributed by atoms with Gasteiger partial charge in [-0.25, -0.2) is 0 Å². The van der Waals surface area contributed by atoms with Gasteiger partial charge in [-0.05, 0) is 62.2 Å². The highest BCUT2D eigenvalue weighted by atomic mass is 35.5. The molecule has 0 bridgehead atoms. The molecule has 3 aromatic rings. The molecular formula is C21H24ClN3. The van der Waals surface area contributed by atoms with Crippen LogP contribution in [-0.2, 0) is 25.9 Å². The number of benzene rings is 1. The normalized spacial score (nSPS) is 14.9. The Labute approximate surface area is 154 Å². The fourth-order valence-corrected chi connectivity index (χ4v) is 4.01. The van der Waals surface area contributed by atoms with Crippen molar-refractivity contribution in [2.45, 2.75) is 39.8 Å². The van der Waals surface area contributed by atoms with Crippen molar-refractivity contribution < 1.29 is 0 Å². The van der Waals surface area contributed by atoms with Gasteiger partial charge in [0.2, 0.25) is 0 Å². The minimum Gasteiger partial charge on any atom is -0.344 e. The van der Waals surface area contributed by atoms with Crippen molar-refractivity contribution in [1.82, 2.24) is 14.5 Å². The van der Waals surface area contributed by atoms with Crippen molar-refractivity contribution >= 4 is 22.5 Å². The number of nitrogens with zero attached hydrogens (tertiary/aromatic N) is 3. The third kappa shape index (κ3) is 3.07. The lowest BCUT2D eigenvalue weighted by molar-refractivity contribution is 0.309. The summed E-state index contributed by atoms with van der Waals surface area (Å²) in [6, 6.07) is 8.69. The number of hydrogen-bond acceptors (Lipinski definition) is 2. The minimum absolute atomic E-state index is 0.856. The zero-order valence-electron chi connectivity index (χ0n) is 15.1. The van der Waals surface area contributed by atoms with E-state index in [1.807, 2.05) is 13.1 Å². The summed E-state index contributed by atoms with van der Waals surface area (Å²) in [4.78, 5) is 6.83. The topological polar surface area (TPSA) is 21.1 Å². The van der Waals surface area contributed by atoms with E-state index in [4.69, 9.17) is 11.6 Å². The van der Waals surface area contributed by atoms with Crippen LogP contribution in [0.15, 0.2) is 30.5 Å². The van der Waals surface area contributed by atoms with Crippen molar-refractivity contribution in [2.24, 2.45) is 0 Å². The Morgan fingerprint density at radius 3 is 2.80 bits per heavy atom. The van der Waals surface area contributed by atoms with Crippen LogP contribution in [-0.4, -0.2) is 28.0 Å². The lowest BCUT2D eigenvalue weighted by atomic mass is 10.0. The molecule has 0 spiro atoms. The first-order chi connectivity index (χ1) is 12.0. The largest absolute Gasteiger partial charge is 0.344 e. The van der Waals surface area contributed by atoms with Gasteiger partial charge < -0.3 is 9.47 Å². The fourth-order valence-electron chi connectivity index (χ4n) is 3.85. The SMILES string of the molecule is Cc1ccc(CCn2c3c(c4cc(C)c(Cl)cc42)CN(C)CC3)cn1. The molecule has 0 amide bonds. The van der Waals surface area contributed by atoms with Crippen LogP contribution in [0.25, 0.3) is 10.9 Å². The van der Waals surface area contributed by atoms with E-state index >= 15 is 0 Å². The van der Waals surface area contributed by atoms with Crippen LogP contribution in [0.4, 0.5) is 0 Å². The number of aryl methyl sites for hydroxylation is 4. The molecule has 1 aliphatic heterocycles. The highest BCUT2D eigenvalue weighted by Gasteiger charge is 2.22. The number of pyridine rings is 1. The van der Waals surface area contributed by atoms with Gasteiger partial charge in [0.1, 0.15) is 0 Å². The zero-order chi connectivity index (χ0) is 17.6. The highest BCUT2D eigenvalue weighted by molar-refractivity contribution is 6.32. The Morgan fingerprint density at radius 2 is 2.04 bits per heavy atom. The summed E-state index contributed by atoms with van der Waals surface area (Å²) in [6.45, 7) is 7.23. The van der Waals surface area contributed by atoms with Gasteiger partial charge >= 0.3 is 0 Å². The Hall–Kier alpha value is -1.84. The molecule has 0 atom stereocenters. The maximum atomic E-state index is 6.45. The molecule has 2 aromatic heterocycles. The van der Waals surface area contributed by atoms with E-state index in [0.717, 1.165) is 48.8 Å². The number of fused-ring (bicyclic) bond motifs is 3. The summed E-state index contributed by atoms with van der Waals surface area (Å²) in [6.07, 6.45) is 4.09. The van der Waals surface area contributed by atoms with Crippen LogP contribution < -0.4 is 0 Å². The Bertz CT molecular complexity index is 925. The maximum Gasteiger partial charge on any atom is 0.0501 e. The first kappa shape index (κ1) is 16.6. The Morgan fingerprint density at radius 1 is 1.20 bits per heavy atom. The monoisotopic (exact) mass is 353 g/mol. The van der Waals surface area contributed by atoms with Crippen LogP contribution in [0.2, 0.25) is 5.02 Å². The van der Waals surface area contributed by atoms with E-state index in [1.165, 1.54) is 27.7 Å². The van der Waals surface area contributed by atoms with Gasteiger partial charge in [-0.1, -0.05) is 17.7 Å². The zero-order valence-corrected chi connectivity index (χ0v) is 15.9. The number of rotatable bonds is 3. The Kier molecular flexibility index (Phi) is 4.30. The van der Waals surface area contributed by atoms with Gasteiger partial charge in [-0.3, -0.25) is 4.98 Å². The summed E-state index contributed by atoms with van der Waals surface area (Å²) in [5, 5.41) is 2.22. The highest BCUT2D eigenvalue weighted by Crippen LogP contribution is 2.34. The molecule has 0 saturated heterocycles. The number of likely N-dealkylation sites (N-methyl/N-ethyl adjacent to an activating group) is 1. The second-order valence-electron chi connectivity index (χ2n) is 7.24. The molecule has 0 aliphatic carbocycles. The lowest BCUT2D eigenvalue weighted by Crippen LogP contribution is -2.27. The smallest absolute Gasteiger partial charge is 0.0501 e. The number of halogens is 1. The van der Waals surface area contributed by atoms with E-state index in [0.29, 0.717) is 0 Å². The van der Waals surface area contributed by atoms with Crippen molar-refractivity contribution in [2.75, 3.05) is 13.6 Å². The summed E-state index contributed by atoms with van der Waals surface area (Å²) < 4.78 is 2.49. The van der Waals surface area contributed by atoms with E-state index in [2.05, 4.69) is 52.7 Å². The second kappa shape index (κ2) is 6.47. The van der Waals surface area contributed by atoms with Gasteiger partial charge in [0.25, 0.3) is 0 Å². The van der Waals surface area contributed by atoms with E-state index in [-0.39, 0.29) is 0 Å². The molecule has 25 heavy (non-hydrogen) atoms. The predicted octanol–water partition coefficient (Wildman–Crippen LogP) is 4.54. The van der Waals surface area contributed by atoms with Gasteiger partial charge in [-0.2, -0.15) is 0 Å². The van der Waals surface area contributed by atoms with Crippen molar-refractivity contribution in [3.63, 3.8) is 0 Å². The summed E-state index contributed by atoms with van der Waals surface area (Å²) >= 11 is 6.45. The van der Waals surface area contributed by atoms with Crippen LogP contribution in [0, 0.1) is 13.8 Å². The second-order valence-corrected chi connectivity index (χ2v) is 7.65. The van der Waals surface area contributed by atoms with Gasteiger partial charge in [0.05, 0.1) is 5.52 Å². The number of aromatic nitrogens is 2. The summed E-state index contributed by atoms with van der Waals surface area (Å²) in [5.41, 5.74) is 7.74. The first-order valence-electron chi connectivity index (χ1n) is 8.93. The Balaban J connectivity index is 1.76. The molecule has 4 rings (SSSR count). The molecule has 0 fully saturated rings. The molecule has 130 valence electrons. The van der Waals surface area contributed by atoms with Crippen molar-refractivity contribution in [3.05, 3.63) is 63.6 Å². The van der Waals surface area contributed by atoms with Gasteiger partial charge in [-0.15, -0.1) is 0 Å². The average Bonchev–Trinajstić information content (AvgIpc) is 2.87. The van der Waals surface area contributed by atoms with Crippen LogP contribution in [0.3, 0.4) is 0 Å². The average molecular weight is 354 g/mol. The standard InChI is InChI=1S/C21H24ClN3/c1-14-10-17-18-13-24(3)8-7-20(18)25(21(17)11-19(14)22)9-6-16-5-4-15(2)23-12-16/h4-5,10-12H,6-9,13H2,1-3H3. The first-order valence-corrected chi connectivity index (χ1v) is 9.31. The predicted molar refractivity (Wildman–Crippen MR) is 104 cm³/mol. The maximum absolute atomic E-state index is 6.45. The molecule has 0 saturated carbocycles. The van der Waals surface area contributed by atoms with Crippen LogP contribution in [0.1, 0.15) is 28.1 Å². The molecule has 0 N–H and O–H groups in total. The van der Waals surface area contributed by atoms with Crippen molar-refractivity contribution in [1.29, 1.82) is 0 Å². The van der Waals surface area contributed by atoms with Crippen LogP contribution in [0.5, 0.6) is 0 Å². The fraction of sp³-hybridized carbons (Fsp3) is 0.381. The lowest BCUT2D eigenvalue weighted by Gasteiger charge is -2.24. The third-order valence-electron chi connectivity index (χ3n) is 5.32. The molecule has 3 heterocycles. The molecule has 1 aliphatic rings. The number of hydrogen-bond donors (Lipinski definition) is 0. The molecular weight excluding hydrogens is 330 g/mol. The quantitative estimate of drug-likeness (QED) is 0.689. The van der Waals surface area contributed by atoms with E-state index in [9.17, 15) is 0 Å². The van der Waals surface area contributed by atoms with Gasteiger partial charge in [0, 0.05) is 54.0 Å². The van der Waals surface area contributed by atoms with Gasteiger partial charge in [0.15, 0.2) is 0 Å². The van der Waals surface area contributed by atoms with Crippen molar-refractivity contribution in [3.8, 4) is 0 Å². The third-order valence-corrected chi connectivity index (χ3v) is 5.73.